The van der Waals surface area contributed by atoms with Gasteiger partial charge < -0.3 is 4.90 Å². The summed E-state index contributed by atoms with van der Waals surface area (Å²) < 4.78 is 0. The topological polar surface area (TPSA) is 3.24 Å². The average molecular weight is 396 g/mol. The SMILES string of the molecule is CCCCCCCCCCCCc1ccccc1CCl.CCN(CC)CC. The van der Waals surface area contributed by atoms with Crippen LogP contribution in [0.3, 0.4) is 0 Å². The number of hydrogen-bond acceptors (Lipinski definition) is 1. The largest absolute Gasteiger partial charge is 0.304 e. The summed E-state index contributed by atoms with van der Waals surface area (Å²) in [5.41, 5.74) is 2.76. The van der Waals surface area contributed by atoms with Crippen molar-refractivity contribution >= 4 is 11.6 Å². The fourth-order valence-corrected chi connectivity index (χ4v) is 3.67. The maximum Gasteiger partial charge on any atom is 0.0476 e. The van der Waals surface area contributed by atoms with Crippen molar-refractivity contribution in [3.05, 3.63) is 35.4 Å². The molecule has 0 spiro atoms. The van der Waals surface area contributed by atoms with Crippen molar-refractivity contribution in [3.63, 3.8) is 0 Å². The van der Waals surface area contributed by atoms with E-state index in [1.54, 1.807) is 0 Å². The molecule has 0 fully saturated rings. The van der Waals surface area contributed by atoms with Crippen LogP contribution >= 0.6 is 11.6 Å². The van der Waals surface area contributed by atoms with E-state index < -0.39 is 0 Å². The lowest BCUT2D eigenvalue weighted by Crippen LogP contribution is -2.21. The van der Waals surface area contributed by atoms with Crippen molar-refractivity contribution in [3.8, 4) is 0 Å². The molecule has 2 heteroatoms. The Labute approximate surface area is 175 Å². The summed E-state index contributed by atoms with van der Waals surface area (Å²) >= 11 is 5.97. The first-order valence-corrected chi connectivity index (χ1v) is 12.1. The van der Waals surface area contributed by atoms with Crippen LogP contribution in [-0.2, 0) is 12.3 Å². The van der Waals surface area contributed by atoms with E-state index in [2.05, 4.69) is 56.9 Å². The summed E-state index contributed by atoms with van der Waals surface area (Å²) in [6.07, 6.45) is 15.2. The number of benzene rings is 1. The third kappa shape index (κ3) is 15.1. The standard InChI is InChI=1S/C19H31Cl.C6H15N/c1-2-3-4-5-6-7-8-9-10-11-14-18-15-12-13-16-19(18)17-20;1-4-7(5-2)6-3/h12-13,15-16H,2-11,14,17H2,1H3;4-6H2,1-3H3. The molecule has 0 heterocycles. The quantitative estimate of drug-likeness (QED) is 0.213. The highest BCUT2D eigenvalue weighted by Gasteiger charge is 2.00. The second-order valence-corrected chi connectivity index (χ2v) is 7.72. The van der Waals surface area contributed by atoms with Gasteiger partial charge in [0.05, 0.1) is 0 Å². The minimum Gasteiger partial charge on any atom is -0.304 e. The lowest BCUT2D eigenvalue weighted by molar-refractivity contribution is 0.321. The lowest BCUT2D eigenvalue weighted by atomic mass is 10.0. The van der Waals surface area contributed by atoms with Crippen molar-refractivity contribution in [1.82, 2.24) is 4.90 Å². The zero-order chi connectivity index (χ0) is 20.2. The third-order valence-corrected chi connectivity index (χ3v) is 5.69. The van der Waals surface area contributed by atoms with Crippen molar-refractivity contribution in [2.75, 3.05) is 19.6 Å². The van der Waals surface area contributed by atoms with E-state index in [0.29, 0.717) is 5.88 Å². The summed E-state index contributed by atoms with van der Waals surface area (Å²) in [5.74, 6) is 0.647. The Bertz CT molecular complexity index is 409. The Hall–Kier alpha value is -0.530. The highest BCUT2D eigenvalue weighted by Crippen LogP contribution is 2.16. The van der Waals surface area contributed by atoms with Gasteiger partial charge in [-0.05, 0) is 43.6 Å². The molecule has 158 valence electrons. The molecule has 0 N–H and O–H groups in total. The smallest absolute Gasteiger partial charge is 0.0476 e. The molecule has 0 bridgehead atoms. The molecule has 0 saturated heterocycles. The Morgan fingerprint density at radius 2 is 1.07 bits per heavy atom. The van der Waals surface area contributed by atoms with Gasteiger partial charge >= 0.3 is 0 Å². The van der Waals surface area contributed by atoms with Crippen molar-refractivity contribution in [2.45, 2.75) is 104 Å². The Kier molecular flexibility index (Phi) is 19.8. The maximum absolute atomic E-state index is 5.97. The van der Waals surface area contributed by atoms with E-state index in [4.69, 9.17) is 11.6 Å². The third-order valence-electron chi connectivity index (χ3n) is 5.40. The van der Waals surface area contributed by atoms with Crippen LogP contribution in [0.2, 0.25) is 0 Å². The molecule has 0 aromatic heterocycles. The van der Waals surface area contributed by atoms with Gasteiger partial charge in [0, 0.05) is 5.88 Å². The highest BCUT2D eigenvalue weighted by molar-refractivity contribution is 6.17. The van der Waals surface area contributed by atoms with Gasteiger partial charge in [0.1, 0.15) is 0 Å². The molecule has 0 radical (unpaired) electrons. The zero-order valence-electron chi connectivity index (χ0n) is 18.7. The van der Waals surface area contributed by atoms with Crippen molar-refractivity contribution < 1.29 is 0 Å². The van der Waals surface area contributed by atoms with Gasteiger partial charge in [0.15, 0.2) is 0 Å². The minimum absolute atomic E-state index is 0.647. The second-order valence-electron chi connectivity index (χ2n) is 7.45. The molecular weight excluding hydrogens is 350 g/mol. The van der Waals surface area contributed by atoms with Gasteiger partial charge in [-0.1, -0.05) is 110 Å². The maximum atomic E-state index is 5.97. The predicted octanol–water partition coefficient (Wildman–Crippen LogP) is 8.24. The lowest BCUT2D eigenvalue weighted by Gasteiger charge is -2.13. The second kappa shape index (κ2) is 20.2. The number of rotatable bonds is 15. The van der Waals surface area contributed by atoms with Crippen molar-refractivity contribution in [2.24, 2.45) is 0 Å². The number of unbranched alkanes of at least 4 members (excludes halogenated alkanes) is 9. The summed E-state index contributed by atoms with van der Waals surface area (Å²) in [4.78, 5) is 2.38. The van der Waals surface area contributed by atoms with Crippen LogP contribution in [-0.4, -0.2) is 24.5 Å². The van der Waals surface area contributed by atoms with E-state index in [-0.39, 0.29) is 0 Å². The van der Waals surface area contributed by atoms with Crippen LogP contribution < -0.4 is 0 Å². The Morgan fingerprint density at radius 1 is 0.630 bits per heavy atom. The minimum atomic E-state index is 0.647. The van der Waals surface area contributed by atoms with Gasteiger partial charge in [0.25, 0.3) is 0 Å². The molecule has 0 amide bonds. The Morgan fingerprint density at radius 3 is 1.48 bits per heavy atom. The van der Waals surface area contributed by atoms with Gasteiger partial charge in [-0.15, -0.1) is 11.6 Å². The summed E-state index contributed by atoms with van der Waals surface area (Å²) in [5, 5.41) is 0. The van der Waals surface area contributed by atoms with Gasteiger partial charge in [-0.2, -0.15) is 0 Å². The molecule has 1 aromatic carbocycles. The van der Waals surface area contributed by atoms with E-state index >= 15 is 0 Å². The van der Waals surface area contributed by atoms with Crippen LogP contribution in [0.1, 0.15) is 103 Å². The number of halogens is 1. The monoisotopic (exact) mass is 395 g/mol. The molecule has 0 aliphatic rings. The average Bonchev–Trinajstić information content (AvgIpc) is 2.71. The first-order chi connectivity index (χ1) is 13.2. The number of nitrogens with zero attached hydrogens (tertiary/aromatic N) is 1. The molecule has 1 rings (SSSR count). The van der Waals surface area contributed by atoms with Crippen LogP contribution in [0.4, 0.5) is 0 Å². The van der Waals surface area contributed by atoms with Gasteiger partial charge in [-0.3, -0.25) is 0 Å². The molecule has 0 saturated carbocycles. The molecule has 0 atom stereocenters. The molecular formula is C25H46ClN. The van der Waals surface area contributed by atoms with Crippen LogP contribution in [0.5, 0.6) is 0 Å². The molecule has 1 aromatic rings. The summed E-state index contributed by atoms with van der Waals surface area (Å²) in [6.45, 7) is 12.4. The first-order valence-electron chi connectivity index (χ1n) is 11.6. The fraction of sp³-hybridized carbons (Fsp3) is 0.760. The predicted molar refractivity (Wildman–Crippen MR) is 125 cm³/mol. The van der Waals surface area contributed by atoms with Crippen LogP contribution in [0, 0.1) is 0 Å². The van der Waals surface area contributed by atoms with Crippen LogP contribution in [0.25, 0.3) is 0 Å². The van der Waals surface area contributed by atoms with E-state index in [0.717, 1.165) is 0 Å². The fourth-order valence-electron chi connectivity index (χ4n) is 3.41. The van der Waals surface area contributed by atoms with Gasteiger partial charge in [-0.25, -0.2) is 0 Å². The number of alkyl halides is 1. The number of aryl methyl sites for hydroxylation is 1. The summed E-state index contributed by atoms with van der Waals surface area (Å²) in [6, 6.07) is 8.59. The molecule has 0 aliphatic heterocycles. The first kappa shape index (κ1) is 26.5. The highest BCUT2D eigenvalue weighted by atomic mass is 35.5. The normalized spacial score (nSPS) is 10.7. The molecule has 0 aliphatic carbocycles. The molecule has 1 nitrogen and oxygen atoms in total. The number of hydrogen-bond donors (Lipinski definition) is 0. The molecule has 0 unspecified atom stereocenters. The zero-order valence-corrected chi connectivity index (χ0v) is 19.5. The Balaban J connectivity index is 0.000000821. The van der Waals surface area contributed by atoms with E-state index in [1.165, 1.54) is 101 Å². The van der Waals surface area contributed by atoms with Crippen LogP contribution in [0.15, 0.2) is 24.3 Å². The van der Waals surface area contributed by atoms with E-state index in [9.17, 15) is 0 Å². The van der Waals surface area contributed by atoms with Gasteiger partial charge in [0.2, 0.25) is 0 Å². The van der Waals surface area contributed by atoms with E-state index in [1.807, 2.05) is 0 Å². The summed E-state index contributed by atoms with van der Waals surface area (Å²) in [7, 11) is 0. The van der Waals surface area contributed by atoms with Crippen molar-refractivity contribution in [1.29, 1.82) is 0 Å². The molecule has 27 heavy (non-hydrogen) atoms.